The lowest BCUT2D eigenvalue weighted by atomic mass is 10.1. The fraction of sp³-hybridized carbons (Fsp3) is 0.333. The minimum atomic E-state index is -0.739. The third-order valence-electron chi connectivity index (χ3n) is 4.10. The van der Waals surface area contributed by atoms with Crippen molar-refractivity contribution in [2.45, 2.75) is 39.2 Å². The van der Waals surface area contributed by atoms with Crippen LogP contribution >= 0.6 is 0 Å². The second-order valence-electron chi connectivity index (χ2n) is 6.29. The molecule has 2 aromatic rings. The van der Waals surface area contributed by atoms with Crippen LogP contribution in [-0.4, -0.2) is 28.6 Å². The van der Waals surface area contributed by atoms with Crippen molar-refractivity contribution >= 4 is 11.9 Å². The predicted octanol–water partition coefficient (Wildman–Crippen LogP) is 3.76. The van der Waals surface area contributed by atoms with Crippen LogP contribution in [0.5, 0.6) is 11.5 Å². The van der Waals surface area contributed by atoms with Crippen molar-refractivity contribution in [3.8, 4) is 11.5 Å². The lowest BCUT2D eigenvalue weighted by molar-refractivity contribution is 0.0468. The van der Waals surface area contributed by atoms with Gasteiger partial charge in [-0.05, 0) is 42.3 Å². The van der Waals surface area contributed by atoms with Crippen molar-refractivity contribution in [2.24, 2.45) is 0 Å². The van der Waals surface area contributed by atoms with Crippen LogP contribution in [0.1, 0.15) is 58.9 Å². The van der Waals surface area contributed by atoms with Gasteiger partial charge in [-0.25, -0.2) is 4.79 Å². The molecule has 0 aliphatic rings. The maximum absolute atomic E-state index is 12.1. The zero-order valence-electron chi connectivity index (χ0n) is 15.4. The van der Waals surface area contributed by atoms with Gasteiger partial charge in [0.05, 0.1) is 0 Å². The molecule has 0 saturated carbocycles. The van der Waals surface area contributed by atoms with Gasteiger partial charge in [0.1, 0.15) is 23.7 Å². The Kier molecular flexibility index (Phi) is 7.67. The van der Waals surface area contributed by atoms with E-state index in [4.69, 9.17) is 4.74 Å². The molecule has 0 fully saturated rings. The van der Waals surface area contributed by atoms with E-state index in [9.17, 15) is 19.8 Å². The summed E-state index contributed by atoms with van der Waals surface area (Å²) in [6.45, 7) is 2.79. The maximum atomic E-state index is 12.1. The zero-order valence-corrected chi connectivity index (χ0v) is 15.4. The summed E-state index contributed by atoms with van der Waals surface area (Å²) in [7, 11) is 0. The van der Waals surface area contributed by atoms with Gasteiger partial charge in [-0.3, -0.25) is 4.79 Å². The normalized spacial score (nSPS) is 10.4. The highest BCUT2D eigenvalue weighted by Crippen LogP contribution is 2.23. The number of ether oxygens (including phenoxy) is 1. The van der Waals surface area contributed by atoms with E-state index in [0.29, 0.717) is 17.7 Å². The predicted molar refractivity (Wildman–Crippen MR) is 102 cm³/mol. The van der Waals surface area contributed by atoms with Gasteiger partial charge in [-0.2, -0.15) is 0 Å². The van der Waals surface area contributed by atoms with E-state index in [0.717, 1.165) is 25.3 Å². The van der Waals surface area contributed by atoms with E-state index in [1.54, 1.807) is 24.3 Å². The topological polar surface area (TPSA) is 95.9 Å². The molecule has 0 atom stereocenters. The molecular formula is C21H25NO5. The summed E-state index contributed by atoms with van der Waals surface area (Å²) < 4.78 is 5.14. The molecule has 0 aromatic heterocycles. The van der Waals surface area contributed by atoms with Gasteiger partial charge >= 0.3 is 5.97 Å². The molecule has 3 N–H and O–H groups in total. The molecule has 0 bridgehead atoms. The minimum absolute atomic E-state index is 0.00710. The molecule has 6 nitrogen and oxygen atoms in total. The standard InChI is InChI=1S/C21H25NO5/c1-2-3-4-5-12-22-20(25)16-8-6-15(7-9-16)14-27-21(26)18-13-17(23)10-11-19(18)24/h6-11,13,23-24H,2-5,12,14H2,1H3,(H,22,25). The third-order valence-corrected chi connectivity index (χ3v) is 4.10. The second-order valence-corrected chi connectivity index (χ2v) is 6.29. The number of hydrogen-bond donors (Lipinski definition) is 3. The van der Waals surface area contributed by atoms with E-state index in [1.807, 2.05) is 0 Å². The number of nitrogens with one attached hydrogen (secondary N) is 1. The van der Waals surface area contributed by atoms with Gasteiger partial charge in [0, 0.05) is 12.1 Å². The Morgan fingerprint density at radius 1 is 1.00 bits per heavy atom. The summed E-state index contributed by atoms with van der Waals surface area (Å²) in [5, 5.41) is 21.9. The van der Waals surface area contributed by atoms with Crippen LogP contribution in [0.3, 0.4) is 0 Å². The lowest BCUT2D eigenvalue weighted by Crippen LogP contribution is -2.24. The number of amides is 1. The fourth-order valence-corrected chi connectivity index (χ4v) is 2.52. The highest BCUT2D eigenvalue weighted by Gasteiger charge is 2.14. The number of carbonyl (C=O) groups excluding carboxylic acids is 2. The number of aromatic hydroxyl groups is 2. The lowest BCUT2D eigenvalue weighted by Gasteiger charge is -2.08. The Balaban J connectivity index is 1.83. The average molecular weight is 371 g/mol. The number of phenolic OH excluding ortho intramolecular Hbond substituents is 2. The smallest absolute Gasteiger partial charge is 0.342 e. The van der Waals surface area contributed by atoms with Crippen LogP contribution in [0.25, 0.3) is 0 Å². The summed E-state index contributed by atoms with van der Waals surface area (Å²) in [5.41, 5.74) is 1.16. The highest BCUT2D eigenvalue weighted by atomic mass is 16.5. The van der Waals surface area contributed by atoms with E-state index < -0.39 is 5.97 Å². The number of phenols is 2. The molecule has 0 unspecified atom stereocenters. The molecular weight excluding hydrogens is 346 g/mol. The molecule has 144 valence electrons. The number of unbranched alkanes of at least 4 members (excludes halogenated alkanes) is 3. The average Bonchev–Trinajstić information content (AvgIpc) is 2.68. The van der Waals surface area contributed by atoms with Crippen molar-refractivity contribution < 1.29 is 24.5 Å². The Morgan fingerprint density at radius 3 is 2.44 bits per heavy atom. The maximum Gasteiger partial charge on any atom is 0.342 e. The van der Waals surface area contributed by atoms with Gasteiger partial charge < -0.3 is 20.3 Å². The van der Waals surface area contributed by atoms with Crippen LogP contribution < -0.4 is 5.32 Å². The first-order valence-electron chi connectivity index (χ1n) is 9.07. The first-order chi connectivity index (χ1) is 13.0. The van der Waals surface area contributed by atoms with Crippen LogP contribution in [0.4, 0.5) is 0 Å². The van der Waals surface area contributed by atoms with E-state index in [2.05, 4.69) is 12.2 Å². The molecule has 0 aliphatic heterocycles. The quantitative estimate of drug-likeness (QED) is 0.354. The number of benzene rings is 2. The summed E-state index contributed by atoms with van der Waals surface area (Å²) in [6, 6.07) is 10.4. The number of esters is 1. The summed E-state index contributed by atoms with van der Waals surface area (Å²) >= 11 is 0. The molecule has 2 aromatic carbocycles. The zero-order chi connectivity index (χ0) is 19.6. The summed E-state index contributed by atoms with van der Waals surface area (Å²) in [4.78, 5) is 24.1. The Hall–Kier alpha value is -3.02. The molecule has 6 heteroatoms. The Morgan fingerprint density at radius 2 is 1.74 bits per heavy atom. The Labute approximate surface area is 158 Å². The third kappa shape index (κ3) is 6.33. The van der Waals surface area contributed by atoms with Gasteiger partial charge in [-0.15, -0.1) is 0 Å². The van der Waals surface area contributed by atoms with Gasteiger partial charge in [0.15, 0.2) is 0 Å². The molecule has 0 spiro atoms. The van der Waals surface area contributed by atoms with E-state index in [1.165, 1.54) is 18.6 Å². The molecule has 2 rings (SSSR count). The van der Waals surface area contributed by atoms with Crippen LogP contribution in [0.2, 0.25) is 0 Å². The second kappa shape index (κ2) is 10.2. The molecule has 0 saturated heterocycles. The summed E-state index contributed by atoms with van der Waals surface area (Å²) in [5.74, 6) is -1.26. The van der Waals surface area contributed by atoms with E-state index in [-0.39, 0.29) is 29.6 Å². The van der Waals surface area contributed by atoms with Crippen LogP contribution in [0.15, 0.2) is 42.5 Å². The van der Waals surface area contributed by atoms with Crippen molar-refractivity contribution in [1.29, 1.82) is 0 Å². The first kappa shape index (κ1) is 20.3. The minimum Gasteiger partial charge on any atom is -0.508 e. The fourth-order valence-electron chi connectivity index (χ4n) is 2.52. The van der Waals surface area contributed by atoms with Crippen LogP contribution in [-0.2, 0) is 11.3 Å². The number of hydrogen-bond acceptors (Lipinski definition) is 5. The first-order valence-corrected chi connectivity index (χ1v) is 9.07. The van der Waals surface area contributed by atoms with Crippen molar-refractivity contribution in [1.82, 2.24) is 5.32 Å². The van der Waals surface area contributed by atoms with E-state index >= 15 is 0 Å². The molecule has 0 aliphatic carbocycles. The largest absolute Gasteiger partial charge is 0.508 e. The number of carbonyl (C=O) groups is 2. The monoisotopic (exact) mass is 371 g/mol. The van der Waals surface area contributed by atoms with Gasteiger partial charge in [0.25, 0.3) is 5.91 Å². The van der Waals surface area contributed by atoms with Crippen LogP contribution in [0, 0.1) is 0 Å². The van der Waals surface area contributed by atoms with Gasteiger partial charge in [0.2, 0.25) is 0 Å². The summed E-state index contributed by atoms with van der Waals surface area (Å²) in [6.07, 6.45) is 4.40. The number of rotatable bonds is 9. The molecule has 0 heterocycles. The molecule has 0 radical (unpaired) electrons. The van der Waals surface area contributed by atoms with Crippen molar-refractivity contribution in [2.75, 3.05) is 6.54 Å². The Bertz CT molecular complexity index is 771. The SMILES string of the molecule is CCCCCCNC(=O)c1ccc(COC(=O)c2cc(O)ccc2O)cc1. The van der Waals surface area contributed by atoms with Crippen molar-refractivity contribution in [3.63, 3.8) is 0 Å². The molecule has 27 heavy (non-hydrogen) atoms. The van der Waals surface area contributed by atoms with Gasteiger partial charge in [-0.1, -0.05) is 38.3 Å². The van der Waals surface area contributed by atoms with Crippen molar-refractivity contribution in [3.05, 3.63) is 59.2 Å². The molecule has 1 amide bonds. The highest BCUT2D eigenvalue weighted by molar-refractivity contribution is 5.94.